The molecule has 0 spiro atoms. The molecule has 0 aliphatic rings. The third-order valence-electron chi connectivity index (χ3n) is 4.15. The van der Waals surface area contributed by atoms with E-state index in [-0.39, 0.29) is 11.5 Å². The largest absolute Gasteiger partial charge is 0.508 e. The lowest BCUT2D eigenvalue weighted by molar-refractivity contribution is 0.317. The normalized spacial score (nSPS) is 11.6. The maximum Gasteiger partial charge on any atom is 0.124 e. The van der Waals surface area contributed by atoms with Crippen LogP contribution in [-0.4, -0.2) is 21.1 Å². The minimum atomic E-state index is 0.110. The van der Waals surface area contributed by atoms with E-state index < -0.39 is 0 Å². The summed E-state index contributed by atoms with van der Waals surface area (Å²) in [5, 5.41) is 32.3. The van der Waals surface area contributed by atoms with Crippen molar-refractivity contribution in [2.24, 2.45) is 5.16 Å². The molecule has 24 heavy (non-hydrogen) atoms. The number of nitrogens with zero attached hydrogens (tertiary/aromatic N) is 1. The molecule has 2 aromatic carbocycles. The molecule has 2 rings (SSSR count). The van der Waals surface area contributed by atoms with Crippen LogP contribution in [-0.2, 0) is 0 Å². The quantitative estimate of drug-likeness (QED) is 0.266. The van der Waals surface area contributed by atoms with Crippen molar-refractivity contribution >= 4 is 5.71 Å². The van der Waals surface area contributed by atoms with Gasteiger partial charge in [-0.1, -0.05) is 56.0 Å². The average Bonchev–Trinajstić information content (AvgIpc) is 2.60. The Labute approximate surface area is 143 Å². The van der Waals surface area contributed by atoms with E-state index in [0.29, 0.717) is 17.7 Å². The van der Waals surface area contributed by atoms with Gasteiger partial charge in [0.2, 0.25) is 0 Å². The summed E-state index contributed by atoms with van der Waals surface area (Å²) in [6, 6.07) is 12.1. The second-order valence-electron chi connectivity index (χ2n) is 5.99. The third-order valence-corrected chi connectivity index (χ3v) is 4.15. The summed E-state index contributed by atoms with van der Waals surface area (Å²) < 4.78 is 0. The van der Waals surface area contributed by atoms with Crippen molar-refractivity contribution in [3.63, 3.8) is 0 Å². The molecule has 0 saturated carbocycles. The first-order chi connectivity index (χ1) is 11.7. The molecule has 0 amide bonds. The van der Waals surface area contributed by atoms with Crippen LogP contribution in [0.5, 0.6) is 11.5 Å². The predicted molar refractivity (Wildman–Crippen MR) is 96.9 cm³/mol. The third kappa shape index (κ3) is 4.75. The van der Waals surface area contributed by atoms with Crippen molar-refractivity contribution in [3.05, 3.63) is 48.0 Å². The zero-order valence-corrected chi connectivity index (χ0v) is 14.1. The van der Waals surface area contributed by atoms with Crippen LogP contribution in [0.25, 0.3) is 11.1 Å². The van der Waals surface area contributed by atoms with E-state index in [0.717, 1.165) is 24.0 Å². The fourth-order valence-electron chi connectivity index (χ4n) is 2.74. The first-order valence-electron chi connectivity index (χ1n) is 8.49. The van der Waals surface area contributed by atoms with Crippen LogP contribution < -0.4 is 0 Å². The number of hydrogen-bond donors (Lipinski definition) is 3. The first kappa shape index (κ1) is 17.9. The summed E-state index contributed by atoms with van der Waals surface area (Å²) in [6.45, 7) is 2.17. The number of phenolic OH excluding ortho intramolecular Hbond substituents is 2. The lowest BCUT2D eigenvalue weighted by atomic mass is 9.97. The Hall–Kier alpha value is -2.49. The molecule has 0 aromatic heterocycles. The Balaban J connectivity index is 2.15. The van der Waals surface area contributed by atoms with E-state index in [1.54, 1.807) is 18.2 Å². The van der Waals surface area contributed by atoms with Crippen LogP contribution >= 0.6 is 0 Å². The van der Waals surface area contributed by atoms with Gasteiger partial charge in [-0.05, 0) is 48.2 Å². The van der Waals surface area contributed by atoms with Gasteiger partial charge in [0.25, 0.3) is 0 Å². The van der Waals surface area contributed by atoms with E-state index in [2.05, 4.69) is 12.1 Å². The summed E-state index contributed by atoms with van der Waals surface area (Å²) in [4.78, 5) is 0. The van der Waals surface area contributed by atoms with Gasteiger partial charge in [-0.3, -0.25) is 0 Å². The number of rotatable bonds is 8. The summed E-state index contributed by atoms with van der Waals surface area (Å²) in [6.07, 6.45) is 6.23. The summed E-state index contributed by atoms with van der Waals surface area (Å²) in [5.41, 5.74) is 2.88. The van der Waals surface area contributed by atoms with Crippen molar-refractivity contribution in [3.8, 4) is 22.6 Å². The SMILES string of the molecule is CCCCCCC/C(=N\O)c1cc(-c2ccc(O)cc2)ccc1O. The minimum absolute atomic E-state index is 0.110. The monoisotopic (exact) mass is 327 g/mol. The Morgan fingerprint density at radius 3 is 2.21 bits per heavy atom. The lowest BCUT2D eigenvalue weighted by Crippen LogP contribution is -2.02. The molecule has 128 valence electrons. The Morgan fingerprint density at radius 1 is 0.875 bits per heavy atom. The number of unbranched alkanes of at least 4 members (excludes halogenated alkanes) is 4. The fraction of sp³-hybridized carbons (Fsp3) is 0.350. The van der Waals surface area contributed by atoms with Gasteiger partial charge in [0, 0.05) is 5.56 Å². The molecule has 0 bridgehead atoms. The summed E-state index contributed by atoms with van der Waals surface area (Å²) >= 11 is 0. The van der Waals surface area contributed by atoms with E-state index >= 15 is 0 Å². The Bertz CT molecular complexity index is 678. The van der Waals surface area contributed by atoms with Gasteiger partial charge in [0.15, 0.2) is 0 Å². The molecule has 0 aliphatic heterocycles. The molecule has 0 fully saturated rings. The maximum atomic E-state index is 10.1. The first-order valence-corrected chi connectivity index (χ1v) is 8.49. The number of aromatic hydroxyl groups is 2. The van der Waals surface area contributed by atoms with Crippen molar-refractivity contribution in [1.29, 1.82) is 0 Å². The van der Waals surface area contributed by atoms with E-state index in [9.17, 15) is 15.4 Å². The molecule has 3 N–H and O–H groups in total. The van der Waals surface area contributed by atoms with Crippen LogP contribution in [0.2, 0.25) is 0 Å². The van der Waals surface area contributed by atoms with Gasteiger partial charge in [0.1, 0.15) is 11.5 Å². The van der Waals surface area contributed by atoms with E-state index in [1.807, 2.05) is 24.3 Å². The molecule has 0 radical (unpaired) electrons. The zero-order chi connectivity index (χ0) is 17.4. The lowest BCUT2D eigenvalue weighted by Gasteiger charge is -2.10. The highest BCUT2D eigenvalue weighted by Gasteiger charge is 2.12. The van der Waals surface area contributed by atoms with Gasteiger partial charge in [-0.25, -0.2) is 0 Å². The molecule has 0 heterocycles. The van der Waals surface area contributed by atoms with Crippen LogP contribution in [0.1, 0.15) is 51.0 Å². The molecular formula is C20H25NO3. The van der Waals surface area contributed by atoms with Crippen LogP contribution in [0.4, 0.5) is 0 Å². The molecule has 0 saturated heterocycles. The highest BCUT2D eigenvalue weighted by molar-refractivity contribution is 6.03. The molecule has 4 heteroatoms. The number of oxime groups is 1. The molecule has 2 aromatic rings. The van der Waals surface area contributed by atoms with Gasteiger partial charge in [-0.15, -0.1) is 0 Å². The second kappa shape index (κ2) is 8.96. The van der Waals surface area contributed by atoms with Gasteiger partial charge < -0.3 is 15.4 Å². The molecular weight excluding hydrogens is 302 g/mol. The number of hydrogen-bond acceptors (Lipinski definition) is 4. The standard InChI is InChI=1S/C20H25NO3/c1-2-3-4-5-6-7-19(21-24)18-14-16(10-13-20(18)23)15-8-11-17(22)12-9-15/h8-14,22-24H,2-7H2,1H3/b21-19+. The van der Waals surface area contributed by atoms with Gasteiger partial charge in [-0.2, -0.15) is 0 Å². The van der Waals surface area contributed by atoms with Crippen molar-refractivity contribution in [2.45, 2.75) is 45.4 Å². The van der Waals surface area contributed by atoms with Gasteiger partial charge in [0.05, 0.1) is 5.71 Å². The Kier molecular flexibility index (Phi) is 6.67. The maximum absolute atomic E-state index is 10.1. The van der Waals surface area contributed by atoms with Gasteiger partial charge >= 0.3 is 0 Å². The average molecular weight is 327 g/mol. The van der Waals surface area contributed by atoms with E-state index in [1.165, 1.54) is 19.3 Å². The van der Waals surface area contributed by atoms with Crippen molar-refractivity contribution in [2.75, 3.05) is 0 Å². The number of phenols is 2. The number of benzene rings is 2. The summed E-state index contributed by atoms with van der Waals surface area (Å²) in [7, 11) is 0. The fourth-order valence-corrected chi connectivity index (χ4v) is 2.74. The van der Waals surface area contributed by atoms with Crippen molar-refractivity contribution in [1.82, 2.24) is 0 Å². The Morgan fingerprint density at radius 2 is 1.54 bits per heavy atom. The van der Waals surface area contributed by atoms with Crippen molar-refractivity contribution < 1.29 is 15.4 Å². The molecule has 0 atom stereocenters. The van der Waals surface area contributed by atoms with E-state index in [4.69, 9.17) is 0 Å². The smallest absolute Gasteiger partial charge is 0.124 e. The minimum Gasteiger partial charge on any atom is -0.508 e. The summed E-state index contributed by atoms with van der Waals surface area (Å²) in [5.74, 6) is 0.321. The molecule has 0 unspecified atom stereocenters. The van der Waals surface area contributed by atoms with Crippen LogP contribution in [0.3, 0.4) is 0 Å². The highest BCUT2D eigenvalue weighted by Crippen LogP contribution is 2.28. The van der Waals surface area contributed by atoms with Crippen LogP contribution in [0, 0.1) is 0 Å². The van der Waals surface area contributed by atoms with Crippen LogP contribution in [0.15, 0.2) is 47.6 Å². The predicted octanol–water partition coefficient (Wildman–Crippen LogP) is 5.30. The molecule has 0 aliphatic carbocycles. The molecule has 4 nitrogen and oxygen atoms in total. The zero-order valence-electron chi connectivity index (χ0n) is 14.1. The highest BCUT2D eigenvalue weighted by atomic mass is 16.4. The second-order valence-corrected chi connectivity index (χ2v) is 5.99. The topological polar surface area (TPSA) is 73.1 Å².